The lowest BCUT2D eigenvalue weighted by atomic mass is 10.2. The minimum absolute atomic E-state index is 0.119. The molecule has 0 N–H and O–H groups in total. The van der Waals surface area contributed by atoms with Crippen LogP contribution in [0, 0.1) is 20.2 Å². The van der Waals surface area contributed by atoms with Crippen molar-refractivity contribution in [2.24, 2.45) is 0 Å². The number of rotatable bonds is 6. The van der Waals surface area contributed by atoms with Gasteiger partial charge in [0.25, 0.3) is 11.4 Å². The van der Waals surface area contributed by atoms with Crippen molar-refractivity contribution >= 4 is 101 Å². The maximum absolute atomic E-state index is 13.6. The van der Waals surface area contributed by atoms with Gasteiger partial charge in [-0.1, -0.05) is 46.4 Å². The number of nitrogens with zero attached hydrogens (tertiary/aromatic N) is 4. The van der Waals surface area contributed by atoms with Gasteiger partial charge in [-0.3, -0.25) is 29.8 Å². The van der Waals surface area contributed by atoms with Crippen LogP contribution in [0.2, 0.25) is 20.1 Å². The van der Waals surface area contributed by atoms with E-state index in [4.69, 9.17) is 46.4 Å². The van der Waals surface area contributed by atoms with Crippen LogP contribution in [-0.4, -0.2) is 49.5 Å². The molecular formula is C16H4Cl4F6N4O10S2. The average Bonchev–Trinajstić information content (AvgIpc) is 2.80. The maximum atomic E-state index is 13.6. The van der Waals surface area contributed by atoms with Crippen molar-refractivity contribution in [2.75, 3.05) is 8.61 Å². The molecule has 2 amide bonds. The van der Waals surface area contributed by atoms with Gasteiger partial charge in [0.05, 0.1) is 41.3 Å². The van der Waals surface area contributed by atoms with Crippen molar-refractivity contribution in [3.8, 4) is 0 Å². The number of halogens is 10. The smallest absolute Gasteiger partial charge is 0.262 e. The average molecular weight is 732 g/mol. The number of benzene rings is 2. The van der Waals surface area contributed by atoms with Crippen LogP contribution in [0.15, 0.2) is 24.3 Å². The second-order valence-corrected chi connectivity index (χ2v) is 12.3. The standard InChI is InChI=1S/C16H4Cl4F6N4O10S2/c17-7-1-5(29(33)34)2-8(18)11(7)27(41(37,38)15(21,22)23)13(31)14(32)28(42(39,40)16(24,25)26)12-9(19)3-6(30(35)36)4-10(12)20/h1-4H. The Labute approximate surface area is 247 Å². The molecule has 0 bridgehead atoms. The highest BCUT2D eigenvalue weighted by molar-refractivity contribution is 7.95. The quantitative estimate of drug-likeness (QED) is 0.165. The number of nitro benzene ring substituents is 2. The molecule has 0 aliphatic rings. The summed E-state index contributed by atoms with van der Waals surface area (Å²) in [5, 5.41) is 16.1. The Hall–Kier alpha value is -3.18. The van der Waals surface area contributed by atoms with Crippen LogP contribution in [0.1, 0.15) is 0 Å². The van der Waals surface area contributed by atoms with Crippen molar-refractivity contribution in [3.05, 3.63) is 64.6 Å². The molecule has 230 valence electrons. The molecule has 0 heterocycles. The zero-order chi connectivity index (χ0) is 32.9. The topological polar surface area (TPSA) is 195 Å². The monoisotopic (exact) mass is 730 g/mol. The summed E-state index contributed by atoms with van der Waals surface area (Å²) in [6.45, 7) is 0. The largest absolute Gasteiger partial charge is 0.517 e. The minimum atomic E-state index is -7.28. The summed E-state index contributed by atoms with van der Waals surface area (Å²) in [5.41, 5.74) is -19.2. The molecule has 0 aliphatic heterocycles. The van der Waals surface area contributed by atoms with Crippen LogP contribution in [0.3, 0.4) is 0 Å². The van der Waals surface area contributed by atoms with Gasteiger partial charge in [-0.2, -0.15) is 51.8 Å². The fourth-order valence-electron chi connectivity index (χ4n) is 2.75. The number of non-ortho nitro benzene ring substituents is 2. The zero-order valence-electron chi connectivity index (χ0n) is 18.8. The first-order chi connectivity index (χ1) is 18.8. The lowest BCUT2D eigenvalue weighted by Gasteiger charge is -2.28. The summed E-state index contributed by atoms with van der Waals surface area (Å²) in [7, 11) is -14.6. The predicted octanol–water partition coefficient (Wildman–Crippen LogP) is 5.18. The number of nitro groups is 2. The van der Waals surface area contributed by atoms with Crippen LogP contribution in [-0.2, 0) is 29.6 Å². The molecule has 0 aliphatic carbocycles. The molecule has 2 aromatic rings. The molecule has 0 atom stereocenters. The summed E-state index contributed by atoms with van der Waals surface area (Å²) in [4.78, 5) is 45.5. The van der Waals surface area contributed by atoms with E-state index in [-0.39, 0.29) is 24.3 Å². The third-order valence-electron chi connectivity index (χ3n) is 4.45. The third-order valence-corrected chi connectivity index (χ3v) is 8.43. The Morgan fingerprint density at radius 3 is 1.00 bits per heavy atom. The van der Waals surface area contributed by atoms with E-state index in [0.29, 0.717) is 0 Å². The van der Waals surface area contributed by atoms with E-state index >= 15 is 0 Å². The predicted molar refractivity (Wildman–Crippen MR) is 131 cm³/mol. The molecule has 2 rings (SSSR count). The fourth-order valence-corrected chi connectivity index (χ4v) is 6.12. The molecule has 2 aromatic carbocycles. The Balaban J connectivity index is 3.04. The van der Waals surface area contributed by atoms with E-state index in [1.165, 1.54) is 0 Å². The van der Waals surface area contributed by atoms with E-state index in [2.05, 4.69) is 0 Å². The van der Waals surface area contributed by atoms with E-state index in [9.17, 15) is 73.0 Å². The van der Waals surface area contributed by atoms with Gasteiger partial charge >= 0.3 is 42.9 Å². The minimum Gasteiger partial charge on any atom is -0.262 e. The first-order valence-corrected chi connectivity index (χ1v) is 13.8. The molecule has 14 nitrogen and oxygen atoms in total. The molecule has 0 radical (unpaired) electrons. The summed E-state index contributed by atoms with van der Waals surface area (Å²) in [6.07, 6.45) is 0. The van der Waals surface area contributed by atoms with E-state index in [1.54, 1.807) is 0 Å². The number of sulfonamides is 2. The lowest BCUT2D eigenvalue weighted by molar-refractivity contribution is -0.385. The van der Waals surface area contributed by atoms with Crippen LogP contribution in [0.5, 0.6) is 0 Å². The number of hydrogen-bond acceptors (Lipinski definition) is 10. The van der Waals surface area contributed by atoms with Gasteiger partial charge in [0, 0.05) is 24.3 Å². The lowest BCUT2D eigenvalue weighted by Crippen LogP contribution is -2.55. The second-order valence-electron chi connectivity index (χ2n) is 7.07. The SMILES string of the molecule is O=C(C(=O)N(c1c(Cl)cc([N+](=O)[O-])cc1Cl)S(=O)(=O)C(F)(F)F)N(c1c(Cl)cc([N+](=O)[O-])cc1Cl)S(=O)(=O)C(F)(F)F. The number of carbonyl (C=O) groups is 2. The highest BCUT2D eigenvalue weighted by atomic mass is 35.5. The van der Waals surface area contributed by atoms with Gasteiger partial charge in [-0.15, -0.1) is 0 Å². The van der Waals surface area contributed by atoms with Gasteiger partial charge in [0.1, 0.15) is 0 Å². The Kier molecular flexibility index (Phi) is 9.57. The number of hydrogen-bond donors (Lipinski definition) is 0. The Morgan fingerprint density at radius 2 is 0.833 bits per heavy atom. The highest BCUT2D eigenvalue weighted by Crippen LogP contribution is 2.45. The van der Waals surface area contributed by atoms with E-state index < -0.39 is 104 Å². The number of carbonyl (C=O) groups excluding carboxylic acids is 2. The molecular weight excluding hydrogens is 728 g/mol. The third kappa shape index (κ3) is 6.27. The first kappa shape index (κ1) is 35.0. The first-order valence-electron chi connectivity index (χ1n) is 9.37. The Morgan fingerprint density at radius 1 is 0.619 bits per heavy atom. The number of amides is 2. The van der Waals surface area contributed by atoms with E-state index in [1.807, 2.05) is 0 Å². The number of anilines is 2. The zero-order valence-corrected chi connectivity index (χ0v) is 23.4. The van der Waals surface area contributed by atoms with Gasteiger partial charge < -0.3 is 0 Å². The fraction of sp³-hybridized carbons (Fsp3) is 0.125. The van der Waals surface area contributed by atoms with Crippen molar-refractivity contribution in [1.29, 1.82) is 0 Å². The summed E-state index contributed by atoms with van der Waals surface area (Å²) in [5.74, 6) is -6.55. The molecule has 0 unspecified atom stereocenters. The van der Waals surface area contributed by atoms with Crippen LogP contribution >= 0.6 is 46.4 Å². The van der Waals surface area contributed by atoms with Gasteiger partial charge in [-0.05, 0) is 0 Å². The molecule has 26 heteroatoms. The van der Waals surface area contributed by atoms with Crippen LogP contribution < -0.4 is 8.61 Å². The van der Waals surface area contributed by atoms with Gasteiger partial charge in [0.2, 0.25) is 0 Å². The molecule has 0 aromatic heterocycles. The van der Waals surface area contributed by atoms with Gasteiger partial charge in [0.15, 0.2) is 0 Å². The molecule has 0 saturated carbocycles. The van der Waals surface area contributed by atoms with Crippen molar-refractivity contribution in [1.82, 2.24) is 0 Å². The molecule has 0 fully saturated rings. The molecule has 0 spiro atoms. The molecule has 0 saturated heterocycles. The van der Waals surface area contributed by atoms with Crippen molar-refractivity contribution in [3.63, 3.8) is 0 Å². The van der Waals surface area contributed by atoms with Gasteiger partial charge in [-0.25, -0.2) is 0 Å². The van der Waals surface area contributed by atoms with Crippen LogP contribution in [0.4, 0.5) is 49.1 Å². The summed E-state index contributed by atoms with van der Waals surface area (Å²) >= 11 is 22.4. The van der Waals surface area contributed by atoms with Crippen LogP contribution in [0.25, 0.3) is 0 Å². The maximum Gasteiger partial charge on any atom is 0.517 e. The van der Waals surface area contributed by atoms with Crippen molar-refractivity contribution < 1.29 is 62.6 Å². The van der Waals surface area contributed by atoms with Crippen molar-refractivity contribution in [2.45, 2.75) is 11.0 Å². The Bertz CT molecular complexity index is 1580. The summed E-state index contributed by atoms with van der Waals surface area (Å²) < 4.78 is 127. The number of alkyl halides is 6. The summed E-state index contributed by atoms with van der Waals surface area (Å²) in [6, 6.07) is 0.475. The highest BCUT2D eigenvalue weighted by Gasteiger charge is 2.59. The normalized spacial score (nSPS) is 12.5. The van der Waals surface area contributed by atoms with E-state index in [0.717, 1.165) is 0 Å². The molecule has 42 heavy (non-hydrogen) atoms. The second kappa shape index (κ2) is 11.5.